The van der Waals surface area contributed by atoms with E-state index in [0.717, 1.165) is 29.9 Å². The molecule has 6 nitrogen and oxygen atoms in total. The molecule has 0 unspecified atom stereocenters. The van der Waals surface area contributed by atoms with Crippen LogP contribution in [0.4, 0.5) is 4.79 Å². The molecule has 0 saturated heterocycles. The van der Waals surface area contributed by atoms with Crippen LogP contribution in [-0.4, -0.2) is 38.7 Å². The van der Waals surface area contributed by atoms with Gasteiger partial charge in [0.15, 0.2) is 11.5 Å². The van der Waals surface area contributed by atoms with Crippen molar-refractivity contribution in [1.29, 1.82) is 0 Å². The van der Waals surface area contributed by atoms with Gasteiger partial charge in [-0.3, -0.25) is 0 Å². The van der Waals surface area contributed by atoms with Crippen LogP contribution in [0.25, 0.3) is 0 Å². The lowest BCUT2D eigenvalue weighted by atomic mass is 10.1. The molecule has 2 aromatic rings. The van der Waals surface area contributed by atoms with Crippen LogP contribution in [0, 0.1) is 0 Å². The van der Waals surface area contributed by atoms with E-state index in [-0.39, 0.29) is 6.03 Å². The minimum absolute atomic E-state index is 0.112. The Kier molecular flexibility index (Phi) is 6.54. The number of benzene rings is 1. The van der Waals surface area contributed by atoms with Gasteiger partial charge < -0.3 is 24.1 Å². The number of urea groups is 1. The monoisotopic (exact) mass is 332 g/mol. The highest BCUT2D eigenvalue weighted by Crippen LogP contribution is 2.27. The van der Waals surface area contributed by atoms with E-state index in [1.54, 1.807) is 32.4 Å². The maximum atomic E-state index is 12.0. The van der Waals surface area contributed by atoms with Crippen LogP contribution in [0.15, 0.2) is 41.0 Å². The van der Waals surface area contributed by atoms with Crippen molar-refractivity contribution in [3.8, 4) is 11.5 Å². The molecule has 0 bridgehead atoms. The molecule has 0 spiro atoms. The summed E-state index contributed by atoms with van der Waals surface area (Å²) in [6.45, 7) is 1.06. The van der Waals surface area contributed by atoms with E-state index in [9.17, 15) is 4.79 Å². The first kappa shape index (κ1) is 17.7. The number of nitrogens with zero attached hydrogens (tertiary/aromatic N) is 1. The fraction of sp³-hybridized carbons (Fsp3) is 0.389. The van der Waals surface area contributed by atoms with Gasteiger partial charge in [0, 0.05) is 13.6 Å². The van der Waals surface area contributed by atoms with Crippen molar-refractivity contribution in [3.63, 3.8) is 0 Å². The Morgan fingerprint density at radius 1 is 1.21 bits per heavy atom. The standard InChI is InChI=1S/C18H24N2O4/c1-20(13-15-7-5-11-24-15)18(21)19-10-4-6-14-8-9-16(22-2)17(12-14)23-3/h5,7-9,11-12H,4,6,10,13H2,1-3H3,(H,19,21). The number of hydrogen-bond acceptors (Lipinski definition) is 4. The second-order valence-corrected chi connectivity index (χ2v) is 5.46. The SMILES string of the molecule is COc1ccc(CCCNC(=O)N(C)Cc2ccco2)cc1OC. The van der Waals surface area contributed by atoms with Crippen molar-refractivity contribution in [2.75, 3.05) is 27.8 Å². The van der Waals surface area contributed by atoms with Gasteiger partial charge in [0.05, 0.1) is 27.0 Å². The summed E-state index contributed by atoms with van der Waals surface area (Å²) in [5.41, 5.74) is 1.14. The Labute approximate surface area is 142 Å². The fourth-order valence-corrected chi connectivity index (χ4v) is 2.37. The van der Waals surface area contributed by atoms with E-state index in [4.69, 9.17) is 13.9 Å². The van der Waals surface area contributed by atoms with Crippen molar-refractivity contribution < 1.29 is 18.7 Å². The topological polar surface area (TPSA) is 63.9 Å². The second-order valence-electron chi connectivity index (χ2n) is 5.46. The molecule has 24 heavy (non-hydrogen) atoms. The van der Waals surface area contributed by atoms with E-state index in [0.29, 0.717) is 18.8 Å². The minimum atomic E-state index is -0.112. The summed E-state index contributed by atoms with van der Waals surface area (Å²) in [7, 11) is 4.98. The number of hydrogen-bond donors (Lipinski definition) is 1. The molecule has 6 heteroatoms. The number of ether oxygens (including phenoxy) is 2. The van der Waals surface area contributed by atoms with E-state index < -0.39 is 0 Å². The van der Waals surface area contributed by atoms with Gasteiger partial charge in [-0.05, 0) is 42.7 Å². The van der Waals surface area contributed by atoms with Crippen molar-refractivity contribution in [1.82, 2.24) is 10.2 Å². The molecule has 2 amide bonds. The summed E-state index contributed by atoms with van der Waals surface area (Å²) in [5.74, 6) is 2.20. The van der Waals surface area contributed by atoms with Crippen molar-refractivity contribution in [2.45, 2.75) is 19.4 Å². The highest BCUT2D eigenvalue weighted by Gasteiger charge is 2.10. The van der Waals surface area contributed by atoms with Gasteiger partial charge in [0.25, 0.3) is 0 Å². The number of carbonyl (C=O) groups excluding carboxylic acids is 1. The number of amides is 2. The van der Waals surface area contributed by atoms with Gasteiger partial charge in [-0.1, -0.05) is 6.07 Å². The number of rotatable bonds is 8. The molecule has 130 valence electrons. The van der Waals surface area contributed by atoms with Crippen LogP contribution in [-0.2, 0) is 13.0 Å². The lowest BCUT2D eigenvalue weighted by Gasteiger charge is -2.16. The van der Waals surface area contributed by atoms with Crippen LogP contribution in [0.2, 0.25) is 0 Å². The Bertz CT molecular complexity index is 640. The number of nitrogens with one attached hydrogen (secondary N) is 1. The summed E-state index contributed by atoms with van der Waals surface area (Å²) in [6.07, 6.45) is 3.29. The summed E-state index contributed by atoms with van der Waals surface area (Å²) in [4.78, 5) is 13.6. The Balaban J connectivity index is 1.73. The number of furan rings is 1. The zero-order chi connectivity index (χ0) is 17.4. The van der Waals surface area contributed by atoms with Gasteiger partial charge in [-0.25, -0.2) is 4.79 Å². The Hall–Kier alpha value is -2.63. The highest BCUT2D eigenvalue weighted by molar-refractivity contribution is 5.73. The molecule has 1 heterocycles. The fourth-order valence-electron chi connectivity index (χ4n) is 2.37. The van der Waals surface area contributed by atoms with Crippen LogP contribution < -0.4 is 14.8 Å². The predicted octanol–water partition coefficient (Wildman–Crippen LogP) is 3.07. The molecule has 1 N–H and O–H groups in total. The van der Waals surface area contributed by atoms with E-state index in [1.807, 2.05) is 30.3 Å². The van der Waals surface area contributed by atoms with Crippen LogP contribution in [0.3, 0.4) is 0 Å². The first-order valence-corrected chi connectivity index (χ1v) is 7.86. The zero-order valence-electron chi connectivity index (χ0n) is 14.4. The summed E-state index contributed by atoms with van der Waals surface area (Å²) in [5, 5.41) is 2.91. The van der Waals surface area contributed by atoms with Crippen LogP contribution >= 0.6 is 0 Å². The molecule has 0 aliphatic carbocycles. The van der Waals surface area contributed by atoms with Crippen LogP contribution in [0.1, 0.15) is 17.7 Å². The first-order chi connectivity index (χ1) is 11.6. The van der Waals surface area contributed by atoms with E-state index in [1.165, 1.54) is 0 Å². The number of aryl methyl sites for hydroxylation is 1. The molecule has 0 radical (unpaired) electrons. The molecule has 0 saturated carbocycles. The van der Waals surface area contributed by atoms with Crippen molar-refractivity contribution in [2.24, 2.45) is 0 Å². The normalized spacial score (nSPS) is 10.3. The van der Waals surface area contributed by atoms with Gasteiger partial charge in [0.2, 0.25) is 0 Å². The maximum absolute atomic E-state index is 12.0. The number of carbonyl (C=O) groups is 1. The molecular weight excluding hydrogens is 308 g/mol. The van der Waals surface area contributed by atoms with Gasteiger partial charge in [-0.15, -0.1) is 0 Å². The van der Waals surface area contributed by atoms with Gasteiger partial charge in [0.1, 0.15) is 5.76 Å². The third kappa shape index (κ3) is 4.94. The Morgan fingerprint density at radius 2 is 2.00 bits per heavy atom. The smallest absolute Gasteiger partial charge is 0.317 e. The average Bonchev–Trinajstić information content (AvgIpc) is 3.11. The molecule has 0 fully saturated rings. The van der Waals surface area contributed by atoms with Gasteiger partial charge in [-0.2, -0.15) is 0 Å². The summed E-state index contributed by atoms with van der Waals surface area (Å²) in [6, 6.07) is 9.41. The predicted molar refractivity (Wildman–Crippen MR) is 91.4 cm³/mol. The van der Waals surface area contributed by atoms with Crippen molar-refractivity contribution >= 4 is 6.03 Å². The molecule has 0 atom stereocenters. The molecule has 1 aromatic heterocycles. The molecule has 2 rings (SSSR count). The van der Waals surface area contributed by atoms with E-state index >= 15 is 0 Å². The Morgan fingerprint density at radius 3 is 2.67 bits per heavy atom. The lowest BCUT2D eigenvalue weighted by Crippen LogP contribution is -2.37. The third-order valence-electron chi connectivity index (χ3n) is 3.69. The summed E-state index contributed by atoms with van der Waals surface area (Å²) >= 11 is 0. The second kappa shape index (κ2) is 8.86. The quantitative estimate of drug-likeness (QED) is 0.755. The molecule has 1 aromatic carbocycles. The molecule has 0 aliphatic rings. The molecule has 0 aliphatic heterocycles. The lowest BCUT2D eigenvalue weighted by molar-refractivity contribution is 0.203. The highest BCUT2D eigenvalue weighted by atomic mass is 16.5. The molecular formula is C18H24N2O4. The third-order valence-corrected chi connectivity index (χ3v) is 3.69. The van der Waals surface area contributed by atoms with Crippen LogP contribution in [0.5, 0.6) is 11.5 Å². The summed E-state index contributed by atoms with van der Waals surface area (Å²) < 4.78 is 15.7. The van der Waals surface area contributed by atoms with E-state index in [2.05, 4.69) is 5.32 Å². The van der Waals surface area contributed by atoms with Gasteiger partial charge >= 0.3 is 6.03 Å². The zero-order valence-corrected chi connectivity index (χ0v) is 14.4. The average molecular weight is 332 g/mol. The maximum Gasteiger partial charge on any atom is 0.317 e. The largest absolute Gasteiger partial charge is 0.493 e. The minimum Gasteiger partial charge on any atom is -0.493 e. The number of methoxy groups -OCH3 is 2. The van der Waals surface area contributed by atoms with Crippen molar-refractivity contribution in [3.05, 3.63) is 47.9 Å². The first-order valence-electron chi connectivity index (χ1n) is 7.86.